The molecule has 0 spiro atoms. The summed E-state index contributed by atoms with van der Waals surface area (Å²) in [5.74, 6) is -22.1. The molecule has 1 saturated heterocycles. The molecule has 12 N–H and O–H groups in total. The summed E-state index contributed by atoms with van der Waals surface area (Å²) in [5, 5.41) is 130. The number of aliphatic hydroxyl groups is 10. The molecule has 1 fully saturated rings. The van der Waals surface area contributed by atoms with Crippen molar-refractivity contribution in [2.24, 2.45) is 0 Å². The monoisotopic (exact) mass is 571 g/mol. The van der Waals surface area contributed by atoms with Gasteiger partial charge in [0.1, 0.15) is 5.60 Å². The minimum atomic E-state index is -4.56. The van der Waals surface area contributed by atoms with Crippen molar-refractivity contribution in [2.45, 2.75) is 54.0 Å². The lowest BCUT2D eigenvalue weighted by Crippen LogP contribution is -2.93. The van der Waals surface area contributed by atoms with E-state index in [-0.39, 0.29) is 10.5 Å². The summed E-state index contributed by atoms with van der Waals surface area (Å²) >= 11 is 0. The number of hydrogen-bond donors (Lipinski definition) is 12. The zero-order chi connectivity index (χ0) is 30.3. The number of phenols is 2. The number of benzene rings is 2. The predicted octanol–water partition coefficient (Wildman–Crippen LogP) is -4.14. The number of likely N-dealkylation sites (tertiary alicyclic amines) is 1. The minimum Gasteiger partial charge on any atom is -0.504 e. The van der Waals surface area contributed by atoms with Crippen LogP contribution in [0.2, 0.25) is 0 Å². The van der Waals surface area contributed by atoms with Crippen LogP contribution in [0.5, 0.6) is 23.0 Å². The van der Waals surface area contributed by atoms with Crippen LogP contribution >= 0.6 is 0 Å². The Kier molecular flexibility index (Phi) is 6.67. The first-order chi connectivity index (χ1) is 18.3. The van der Waals surface area contributed by atoms with Crippen molar-refractivity contribution in [3.63, 3.8) is 0 Å². The van der Waals surface area contributed by atoms with Crippen molar-refractivity contribution in [1.82, 2.24) is 4.90 Å². The van der Waals surface area contributed by atoms with E-state index >= 15 is 0 Å². The van der Waals surface area contributed by atoms with Gasteiger partial charge in [-0.15, -0.1) is 0 Å². The van der Waals surface area contributed by atoms with Crippen molar-refractivity contribution in [1.29, 1.82) is 0 Å². The standard InChI is InChI=1S/C24H29NO15/c1-39-16-14(26)12-8-19(29,18(28)13(12)15(27)17(16)40-2)10-20(30)21(31,32)23(35,36)25(24(37,38)22(20,33)34)9-11-6-4-3-5-7-11/h3-7,26-27,29-38H,8-10H2,1-2H3. The highest BCUT2D eigenvalue weighted by atomic mass is 16.7. The first-order valence-corrected chi connectivity index (χ1v) is 11.6. The number of phenolic OH excluding ortho intramolecular Hbond substituents is 2. The molecule has 1 aliphatic heterocycles. The Labute approximate surface area is 225 Å². The molecule has 0 aromatic heterocycles. The fraction of sp³-hybridized carbons (Fsp3) is 0.458. The molecule has 220 valence electrons. The molecule has 1 aliphatic carbocycles. The van der Waals surface area contributed by atoms with Gasteiger partial charge in [-0.2, -0.15) is 4.90 Å². The minimum absolute atomic E-state index is 0.0633. The Morgan fingerprint density at radius 3 is 1.73 bits per heavy atom. The molecule has 1 unspecified atom stereocenters. The maximum Gasteiger partial charge on any atom is 0.289 e. The maximum atomic E-state index is 13.3. The zero-order valence-corrected chi connectivity index (χ0v) is 21.0. The van der Waals surface area contributed by atoms with E-state index in [1.54, 1.807) is 0 Å². The number of aromatic hydroxyl groups is 2. The number of rotatable bonds is 6. The summed E-state index contributed by atoms with van der Waals surface area (Å²) in [6.07, 6.45) is -3.00. The highest BCUT2D eigenvalue weighted by Crippen LogP contribution is 2.57. The lowest BCUT2D eigenvalue weighted by Gasteiger charge is -2.63. The number of carbonyl (C=O) groups is 1. The number of nitrogens with zero attached hydrogens (tertiary/aromatic N) is 1. The van der Waals surface area contributed by atoms with Crippen LogP contribution in [0.4, 0.5) is 0 Å². The second kappa shape index (κ2) is 8.93. The number of piperidine rings is 1. The van der Waals surface area contributed by atoms with E-state index in [0.29, 0.717) is 0 Å². The van der Waals surface area contributed by atoms with Gasteiger partial charge in [0.2, 0.25) is 11.5 Å². The molecule has 0 radical (unpaired) electrons. The third-order valence-corrected chi connectivity index (χ3v) is 7.56. The number of carbonyl (C=O) groups excluding carboxylic acids is 1. The molecule has 0 bridgehead atoms. The average Bonchev–Trinajstić information content (AvgIpc) is 3.14. The maximum absolute atomic E-state index is 13.3. The van der Waals surface area contributed by atoms with E-state index < -0.39 is 93.9 Å². The SMILES string of the molecule is COc1c(O)c2c(c(O)c1OC)C(=O)C(O)(CC1(O)C(O)(O)C(O)(O)N(Cc3ccccc3)C(O)(O)C1(O)O)C2. The molecule has 1 atom stereocenters. The Morgan fingerprint density at radius 1 is 0.775 bits per heavy atom. The molecular weight excluding hydrogens is 542 g/mol. The third kappa shape index (κ3) is 3.57. The fourth-order valence-corrected chi connectivity index (χ4v) is 5.32. The van der Waals surface area contributed by atoms with Gasteiger partial charge >= 0.3 is 0 Å². The Bertz CT molecular complexity index is 1310. The molecule has 0 saturated carbocycles. The van der Waals surface area contributed by atoms with Crippen LogP contribution in [0, 0.1) is 0 Å². The van der Waals surface area contributed by atoms with Crippen molar-refractivity contribution in [2.75, 3.05) is 14.2 Å². The molecule has 1 heterocycles. The largest absolute Gasteiger partial charge is 0.504 e. The van der Waals surface area contributed by atoms with Gasteiger partial charge in [-0.3, -0.25) is 4.79 Å². The summed E-state index contributed by atoms with van der Waals surface area (Å²) in [7, 11) is 2.11. The van der Waals surface area contributed by atoms with Gasteiger partial charge in [-0.05, 0) is 5.56 Å². The number of ketones is 1. The Balaban J connectivity index is 1.84. The summed E-state index contributed by atoms with van der Waals surface area (Å²) < 4.78 is 9.88. The van der Waals surface area contributed by atoms with Gasteiger partial charge in [-0.25, -0.2) is 0 Å². The van der Waals surface area contributed by atoms with Crippen LogP contribution in [-0.4, -0.2) is 121 Å². The smallest absolute Gasteiger partial charge is 0.289 e. The van der Waals surface area contributed by atoms with Gasteiger partial charge in [-0.1, -0.05) is 30.3 Å². The van der Waals surface area contributed by atoms with E-state index in [1.165, 1.54) is 30.3 Å². The Morgan fingerprint density at radius 2 is 1.25 bits per heavy atom. The lowest BCUT2D eigenvalue weighted by molar-refractivity contribution is -0.598. The van der Waals surface area contributed by atoms with Crippen LogP contribution < -0.4 is 9.47 Å². The summed E-state index contributed by atoms with van der Waals surface area (Å²) in [6.45, 7) is -0.987. The summed E-state index contributed by atoms with van der Waals surface area (Å²) in [5.41, 5.74) is -8.76. The molecule has 0 amide bonds. The van der Waals surface area contributed by atoms with Crippen LogP contribution in [-0.2, 0) is 13.0 Å². The number of fused-ring (bicyclic) bond motifs is 1. The van der Waals surface area contributed by atoms with Crippen molar-refractivity contribution in [3.8, 4) is 23.0 Å². The van der Waals surface area contributed by atoms with Crippen LogP contribution in [0.15, 0.2) is 30.3 Å². The highest BCUT2D eigenvalue weighted by Gasteiger charge is 2.85. The van der Waals surface area contributed by atoms with Gasteiger partial charge in [0.25, 0.3) is 23.4 Å². The summed E-state index contributed by atoms with van der Waals surface area (Å²) in [6, 6.07) is 7.05. The van der Waals surface area contributed by atoms with Crippen LogP contribution in [0.3, 0.4) is 0 Å². The lowest BCUT2D eigenvalue weighted by atomic mass is 9.68. The first kappa shape index (κ1) is 29.8. The van der Waals surface area contributed by atoms with Gasteiger partial charge in [0.15, 0.2) is 22.9 Å². The molecule has 16 nitrogen and oxygen atoms in total. The van der Waals surface area contributed by atoms with E-state index in [0.717, 1.165) is 14.2 Å². The van der Waals surface area contributed by atoms with Gasteiger partial charge < -0.3 is 70.8 Å². The molecule has 40 heavy (non-hydrogen) atoms. The zero-order valence-electron chi connectivity index (χ0n) is 21.0. The molecule has 2 aromatic rings. The Hall–Kier alpha value is -3.13. The third-order valence-electron chi connectivity index (χ3n) is 7.56. The quantitative estimate of drug-likeness (QED) is 0.116. The predicted molar refractivity (Wildman–Crippen MR) is 126 cm³/mol. The topological polar surface area (TPSA) is 282 Å². The number of ether oxygens (including phenoxy) is 2. The van der Waals surface area contributed by atoms with Gasteiger partial charge in [0, 0.05) is 24.9 Å². The van der Waals surface area contributed by atoms with Crippen molar-refractivity contribution in [3.05, 3.63) is 47.0 Å². The number of Topliss-reactive ketones (excluding diaryl/α,β-unsaturated/α-hetero) is 1. The second-order valence-electron chi connectivity index (χ2n) is 9.88. The van der Waals surface area contributed by atoms with Crippen LogP contribution in [0.1, 0.15) is 27.9 Å². The fourth-order valence-electron chi connectivity index (χ4n) is 5.32. The molecule has 16 heteroatoms. The molecular formula is C24H29NO15. The number of hydrogen-bond acceptors (Lipinski definition) is 16. The number of methoxy groups -OCH3 is 2. The molecule has 2 aliphatic rings. The average molecular weight is 571 g/mol. The molecule has 2 aromatic carbocycles. The van der Waals surface area contributed by atoms with Gasteiger partial charge in [0.05, 0.1) is 19.8 Å². The van der Waals surface area contributed by atoms with E-state index in [9.17, 15) is 66.1 Å². The highest BCUT2D eigenvalue weighted by molar-refractivity contribution is 6.10. The van der Waals surface area contributed by atoms with E-state index in [4.69, 9.17) is 9.47 Å². The normalized spacial score (nSPS) is 25.9. The van der Waals surface area contributed by atoms with Crippen LogP contribution in [0.25, 0.3) is 0 Å². The van der Waals surface area contributed by atoms with E-state index in [2.05, 4.69) is 0 Å². The van der Waals surface area contributed by atoms with Crippen molar-refractivity contribution < 1.29 is 75.5 Å². The second-order valence-corrected chi connectivity index (χ2v) is 9.88. The van der Waals surface area contributed by atoms with Crippen molar-refractivity contribution >= 4 is 5.78 Å². The molecule has 4 rings (SSSR count). The van der Waals surface area contributed by atoms with E-state index in [1.807, 2.05) is 0 Å². The first-order valence-electron chi connectivity index (χ1n) is 11.6. The summed E-state index contributed by atoms with van der Waals surface area (Å²) in [4.78, 5) is 12.9.